The van der Waals surface area contributed by atoms with Crippen LogP contribution in [0.4, 0.5) is 14.5 Å². The Balaban J connectivity index is 2.14. The second kappa shape index (κ2) is 5.79. The Labute approximate surface area is 116 Å². The number of ether oxygens (including phenoxy) is 1. The molecule has 0 spiro atoms. The minimum Gasteiger partial charge on any atom is -0.389 e. The topological polar surface area (TPSA) is 47.3 Å². The van der Waals surface area contributed by atoms with Crippen LogP contribution >= 0.6 is 12.2 Å². The van der Waals surface area contributed by atoms with Gasteiger partial charge in [0.15, 0.2) is 11.6 Å². The van der Waals surface area contributed by atoms with Gasteiger partial charge in [-0.25, -0.2) is 8.78 Å². The fourth-order valence-electron chi connectivity index (χ4n) is 2.36. The number of hydrogen-bond donors (Lipinski definition) is 2. The van der Waals surface area contributed by atoms with Crippen molar-refractivity contribution in [3.8, 4) is 0 Å². The molecule has 1 aliphatic rings. The number of nitrogens with two attached hydrogens (primary N) is 1. The smallest absolute Gasteiger partial charge is 0.182 e. The Kier molecular flexibility index (Phi) is 4.31. The van der Waals surface area contributed by atoms with E-state index in [9.17, 15) is 8.78 Å². The van der Waals surface area contributed by atoms with Gasteiger partial charge in [0.2, 0.25) is 0 Å². The first-order valence-electron chi connectivity index (χ1n) is 6.10. The van der Waals surface area contributed by atoms with Crippen molar-refractivity contribution >= 4 is 22.9 Å². The zero-order valence-electron chi connectivity index (χ0n) is 10.6. The van der Waals surface area contributed by atoms with E-state index in [0.717, 1.165) is 19.3 Å². The molecule has 0 bridgehead atoms. The fraction of sp³-hybridized carbons (Fsp3) is 0.462. The number of rotatable bonds is 4. The molecule has 3 nitrogen and oxygen atoms in total. The van der Waals surface area contributed by atoms with Crippen molar-refractivity contribution < 1.29 is 13.5 Å². The molecule has 1 saturated carbocycles. The number of benzene rings is 1. The summed E-state index contributed by atoms with van der Waals surface area (Å²) in [5.74, 6) is -1.94. The molecule has 1 aliphatic carbocycles. The maximum absolute atomic E-state index is 13.9. The summed E-state index contributed by atoms with van der Waals surface area (Å²) >= 11 is 4.66. The van der Waals surface area contributed by atoms with Crippen LogP contribution in [0.2, 0.25) is 0 Å². The normalized spacial score (nSPS) is 22.5. The van der Waals surface area contributed by atoms with Crippen LogP contribution in [0.25, 0.3) is 0 Å². The summed E-state index contributed by atoms with van der Waals surface area (Å²) < 4.78 is 32.8. The molecule has 3 N–H and O–H groups in total. The minimum absolute atomic E-state index is 0.0701. The van der Waals surface area contributed by atoms with E-state index in [1.54, 1.807) is 7.11 Å². The molecule has 0 saturated heterocycles. The summed E-state index contributed by atoms with van der Waals surface area (Å²) in [6.45, 7) is 0. The highest BCUT2D eigenvalue weighted by molar-refractivity contribution is 7.80. The van der Waals surface area contributed by atoms with Crippen LogP contribution in [0.5, 0.6) is 0 Å². The van der Waals surface area contributed by atoms with Crippen LogP contribution in [-0.2, 0) is 4.74 Å². The summed E-state index contributed by atoms with van der Waals surface area (Å²) in [5.41, 5.74) is 5.39. The van der Waals surface area contributed by atoms with Crippen LogP contribution in [-0.4, -0.2) is 24.2 Å². The highest BCUT2D eigenvalue weighted by Crippen LogP contribution is 2.27. The Morgan fingerprint density at radius 3 is 2.68 bits per heavy atom. The van der Waals surface area contributed by atoms with Crippen molar-refractivity contribution in [3.63, 3.8) is 0 Å². The average Bonchev–Trinajstić information content (AvgIpc) is 2.82. The van der Waals surface area contributed by atoms with Gasteiger partial charge in [0.1, 0.15) is 4.99 Å². The first-order valence-corrected chi connectivity index (χ1v) is 6.51. The number of methoxy groups -OCH3 is 1. The molecule has 0 radical (unpaired) electrons. The van der Waals surface area contributed by atoms with Crippen LogP contribution in [0.3, 0.4) is 0 Å². The Hall–Kier alpha value is -1.27. The number of nitrogens with one attached hydrogen (secondary N) is 1. The molecule has 0 heterocycles. The van der Waals surface area contributed by atoms with Crippen molar-refractivity contribution in [1.29, 1.82) is 0 Å². The third-order valence-corrected chi connectivity index (χ3v) is 3.65. The third-order valence-electron chi connectivity index (χ3n) is 3.43. The maximum Gasteiger partial charge on any atom is 0.182 e. The lowest BCUT2D eigenvalue weighted by Crippen LogP contribution is -2.19. The van der Waals surface area contributed by atoms with Gasteiger partial charge in [-0.2, -0.15) is 0 Å². The monoisotopic (exact) mass is 286 g/mol. The predicted molar refractivity (Wildman–Crippen MR) is 74.3 cm³/mol. The van der Waals surface area contributed by atoms with E-state index in [2.05, 4.69) is 17.5 Å². The average molecular weight is 286 g/mol. The molecule has 2 atom stereocenters. The van der Waals surface area contributed by atoms with E-state index in [-0.39, 0.29) is 28.4 Å². The summed E-state index contributed by atoms with van der Waals surface area (Å²) in [6, 6.07) is 2.95. The molecule has 0 aliphatic heterocycles. The van der Waals surface area contributed by atoms with Crippen molar-refractivity contribution in [3.05, 3.63) is 29.3 Å². The van der Waals surface area contributed by atoms with Gasteiger partial charge < -0.3 is 15.8 Å². The van der Waals surface area contributed by atoms with Gasteiger partial charge in [-0.05, 0) is 31.4 Å². The van der Waals surface area contributed by atoms with E-state index in [0.29, 0.717) is 0 Å². The first-order chi connectivity index (χ1) is 9.02. The fourth-order valence-corrected chi connectivity index (χ4v) is 2.51. The van der Waals surface area contributed by atoms with E-state index in [4.69, 9.17) is 10.5 Å². The summed E-state index contributed by atoms with van der Waals surface area (Å²) in [5, 5.41) is 3.00. The third kappa shape index (κ3) is 3.01. The standard InChI is InChI=1S/C13H16F2N2OS/c1-18-8-3-2-7(6-8)17-10-5-4-9(13(16)19)11(14)12(10)15/h4-5,7-8,17H,2-3,6H2,1H3,(H2,16,19). The number of hydrogen-bond acceptors (Lipinski definition) is 3. The Morgan fingerprint density at radius 2 is 2.11 bits per heavy atom. The van der Waals surface area contributed by atoms with Crippen molar-refractivity contribution in [2.24, 2.45) is 5.73 Å². The van der Waals surface area contributed by atoms with Gasteiger partial charge in [-0.3, -0.25) is 0 Å². The second-order valence-electron chi connectivity index (χ2n) is 4.66. The predicted octanol–water partition coefficient (Wildman–Crippen LogP) is 2.58. The van der Waals surface area contributed by atoms with Gasteiger partial charge in [0, 0.05) is 18.7 Å². The van der Waals surface area contributed by atoms with Gasteiger partial charge in [-0.15, -0.1) is 0 Å². The molecule has 1 aromatic carbocycles. The van der Waals surface area contributed by atoms with Gasteiger partial charge in [-0.1, -0.05) is 12.2 Å². The zero-order valence-corrected chi connectivity index (χ0v) is 11.4. The second-order valence-corrected chi connectivity index (χ2v) is 5.10. The maximum atomic E-state index is 13.9. The molecular weight excluding hydrogens is 270 g/mol. The molecular formula is C13H16F2N2OS. The number of halogens is 2. The summed E-state index contributed by atoms with van der Waals surface area (Å²) in [7, 11) is 1.66. The molecule has 1 aromatic rings. The van der Waals surface area contributed by atoms with Gasteiger partial charge >= 0.3 is 0 Å². The molecule has 2 rings (SSSR count). The Morgan fingerprint density at radius 1 is 1.37 bits per heavy atom. The lowest BCUT2D eigenvalue weighted by Gasteiger charge is -2.16. The lowest BCUT2D eigenvalue weighted by atomic mass is 10.1. The largest absolute Gasteiger partial charge is 0.389 e. The van der Waals surface area contributed by atoms with Gasteiger partial charge in [0.05, 0.1) is 11.8 Å². The van der Waals surface area contributed by atoms with E-state index in [1.807, 2.05) is 0 Å². The first kappa shape index (κ1) is 14.1. The van der Waals surface area contributed by atoms with E-state index >= 15 is 0 Å². The molecule has 104 valence electrons. The molecule has 0 amide bonds. The van der Waals surface area contributed by atoms with Crippen molar-refractivity contribution in [2.75, 3.05) is 12.4 Å². The van der Waals surface area contributed by atoms with E-state index in [1.165, 1.54) is 12.1 Å². The molecule has 0 aromatic heterocycles. The van der Waals surface area contributed by atoms with Crippen molar-refractivity contribution in [2.45, 2.75) is 31.4 Å². The summed E-state index contributed by atoms with van der Waals surface area (Å²) in [4.78, 5) is -0.150. The zero-order chi connectivity index (χ0) is 14.0. The molecule has 1 fully saturated rings. The summed E-state index contributed by atoms with van der Waals surface area (Å²) in [6.07, 6.45) is 2.76. The van der Waals surface area contributed by atoms with Gasteiger partial charge in [0.25, 0.3) is 0 Å². The van der Waals surface area contributed by atoms with Crippen LogP contribution in [0.1, 0.15) is 24.8 Å². The van der Waals surface area contributed by atoms with E-state index < -0.39 is 11.6 Å². The number of thiocarbonyl (C=S) groups is 1. The lowest BCUT2D eigenvalue weighted by molar-refractivity contribution is 0.108. The van der Waals surface area contributed by atoms with Crippen LogP contribution in [0, 0.1) is 11.6 Å². The molecule has 19 heavy (non-hydrogen) atoms. The molecule has 6 heteroatoms. The SMILES string of the molecule is COC1CCC(Nc2ccc(C(N)=S)c(F)c2F)C1. The highest BCUT2D eigenvalue weighted by Gasteiger charge is 2.25. The van der Waals surface area contributed by atoms with Crippen molar-refractivity contribution in [1.82, 2.24) is 0 Å². The van der Waals surface area contributed by atoms with Crippen LogP contribution < -0.4 is 11.1 Å². The van der Waals surface area contributed by atoms with Crippen LogP contribution in [0.15, 0.2) is 12.1 Å². The highest BCUT2D eigenvalue weighted by atomic mass is 32.1. The number of anilines is 1. The minimum atomic E-state index is -1.00. The molecule has 2 unspecified atom stereocenters. The quantitative estimate of drug-likeness (QED) is 0.835. The Bertz CT molecular complexity index is 496.